The van der Waals surface area contributed by atoms with Crippen LogP contribution >= 0.6 is 0 Å². The van der Waals surface area contributed by atoms with E-state index in [0.29, 0.717) is 0 Å². The number of anilines is 1. The van der Waals surface area contributed by atoms with Gasteiger partial charge in [-0.2, -0.15) is 13.2 Å². The number of phenolic OH excluding ortho intramolecular Hbond substituents is 1. The minimum Gasteiger partial charge on any atom is -0.508 e. The molecule has 5 nitrogen and oxygen atoms in total. The van der Waals surface area contributed by atoms with Gasteiger partial charge in [-0.25, -0.2) is 4.79 Å². The van der Waals surface area contributed by atoms with Crippen LogP contribution < -0.4 is 5.32 Å². The molecule has 0 radical (unpaired) electrons. The third kappa shape index (κ3) is 3.65. The van der Waals surface area contributed by atoms with Gasteiger partial charge >= 0.3 is 12.1 Å². The van der Waals surface area contributed by atoms with E-state index < -0.39 is 29.2 Å². The summed E-state index contributed by atoms with van der Waals surface area (Å²) < 4.78 is 43.5. The lowest BCUT2D eigenvalue weighted by atomic mass is 10.1. The molecule has 2 aromatic rings. The van der Waals surface area contributed by atoms with Gasteiger partial charge in [-0.05, 0) is 24.3 Å². The summed E-state index contributed by atoms with van der Waals surface area (Å²) in [6, 6.07) is 7.65. The van der Waals surface area contributed by atoms with E-state index in [1.165, 1.54) is 18.2 Å². The molecule has 2 aromatic carbocycles. The Morgan fingerprint density at radius 3 is 2.38 bits per heavy atom. The molecule has 0 saturated heterocycles. The predicted octanol–water partition coefficient (Wildman–Crippen LogP) is 3.45. The number of nitrogens with one attached hydrogen (secondary N) is 1. The van der Waals surface area contributed by atoms with Gasteiger partial charge in [0.25, 0.3) is 5.91 Å². The summed E-state index contributed by atoms with van der Waals surface area (Å²) >= 11 is 0. The first kappa shape index (κ1) is 17.3. The van der Waals surface area contributed by atoms with Gasteiger partial charge in [0.1, 0.15) is 5.75 Å². The summed E-state index contributed by atoms with van der Waals surface area (Å²) in [6.45, 7) is 0. The fourth-order valence-electron chi connectivity index (χ4n) is 2.04. The number of rotatable bonds is 3. The minimum absolute atomic E-state index is 0.104. The normalized spacial score (nSPS) is 11.0. The molecule has 0 atom stereocenters. The maximum Gasteiger partial charge on any atom is 0.417 e. The number of ether oxygens (including phenoxy) is 1. The van der Waals surface area contributed by atoms with Crippen molar-refractivity contribution in [1.82, 2.24) is 0 Å². The lowest BCUT2D eigenvalue weighted by molar-refractivity contribution is -0.137. The number of esters is 1. The van der Waals surface area contributed by atoms with Gasteiger partial charge in [0.15, 0.2) is 0 Å². The summed E-state index contributed by atoms with van der Waals surface area (Å²) in [7, 11) is 1.11. The largest absolute Gasteiger partial charge is 0.508 e. The van der Waals surface area contributed by atoms with Crippen LogP contribution in [0.1, 0.15) is 26.3 Å². The van der Waals surface area contributed by atoms with Gasteiger partial charge in [0.2, 0.25) is 0 Å². The molecule has 2 rings (SSSR count). The van der Waals surface area contributed by atoms with Crippen molar-refractivity contribution >= 4 is 17.6 Å². The number of halogens is 3. The highest BCUT2D eigenvalue weighted by molar-refractivity contribution is 6.09. The Hall–Kier alpha value is -3.03. The van der Waals surface area contributed by atoms with Crippen LogP contribution in [0.15, 0.2) is 42.5 Å². The molecule has 0 unspecified atom stereocenters. The Balaban J connectivity index is 2.42. The molecular formula is C16H12F3NO4. The van der Waals surface area contributed by atoms with Crippen LogP contribution in [0.25, 0.3) is 0 Å². The average molecular weight is 339 g/mol. The lowest BCUT2D eigenvalue weighted by Gasteiger charge is -2.14. The molecule has 126 valence electrons. The number of hydrogen-bond donors (Lipinski definition) is 2. The Bertz CT molecular complexity index is 787. The first-order valence-electron chi connectivity index (χ1n) is 6.63. The topological polar surface area (TPSA) is 75.6 Å². The molecule has 0 fully saturated rings. The number of aromatic hydroxyl groups is 1. The molecular weight excluding hydrogens is 327 g/mol. The van der Waals surface area contributed by atoms with Crippen LogP contribution in [0.5, 0.6) is 5.75 Å². The smallest absolute Gasteiger partial charge is 0.417 e. The summed E-state index contributed by atoms with van der Waals surface area (Å²) in [5.74, 6) is -2.16. The van der Waals surface area contributed by atoms with E-state index in [9.17, 15) is 27.9 Å². The molecule has 0 aliphatic carbocycles. The second-order valence-corrected chi connectivity index (χ2v) is 4.72. The van der Waals surface area contributed by atoms with Gasteiger partial charge in [-0.1, -0.05) is 12.1 Å². The zero-order valence-corrected chi connectivity index (χ0v) is 12.3. The van der Waals surface area contributed by atoms with Crippen molar-refractivity contribution in [2.24, 2.45) is 0 Å². The quantitative estimate of drug-likeness (QED) is 0.840. The second kappa shape index (κ2) is 6.61. The van der Waals surface area contributed by atoms with E-state index in [0.717, 1.165) is 31.4 Å². The zero-order valence-electron chi connectivity index (χ0n) is 12.3. The van der Waals surface area contributed by atoms with E-state index in [2.05, 4.69) is 10.1 Å². The van der Waals surface area contributed by atoms with Crippen LogP contribution in [-0.4, -0.2) is 24.1 Å². The maximum atomic E-state index is 13.0. The minimum atomic E-state index is -4.71. The van der Waals surface area contributed by atoms with Crippen molar-refractivity contribution in [3.63, 3.8) is 0 Å². The van der Waals surface area contributed by atoms with Gasteiger partial charge in [0.05, 0.1) is 29.5 Å². The van der Waals surface area contributed by atoms with Crippen LogP contribution in [0, 0.1) is 0 Å². The molecule has 2 N–H and O–H groups in total. The van der Waals surface area contributed by atoms with Gasteiger partial charge in [-0.15, -0.1) is 0 Å². The maximum absolute atomic E-state index is 13.0. The fraction of sp³-hybridized carbons (Fsp3) is 0.125. The van der Waals surface area contributed by atoms with Crippen molar-refractivity contribution in [2.45, 2.75) is 6.18 Å². The number of methoxy groups -OCH3 is 1. The summed E-state index contributed by atoms with van der Waals surface area (Å²) in [5, 5.41) is 11.7. The van der Waals surface area contributed by atoms with E-state index in [1.54, 1.807) is 0 Å². The van der Waals surface area contributed by atoms with E-state index in [-0.39, 0.29) is 17.0 Å². The zero-order chi connectivity index (χ0) is 17.9. The van der Waals surface area contributed by atoms with Crippen molar-refractivity contribution < 1.29 is 32.6 Å². The Morgan fingerprint density at radius 2 is 1.75 bits per heavy atom. The van der Waals surface area contributed by atoms with E-state index in [1.807, 2.05) is 0 Å². The molecule has 0 aliphatic heterocycles. The molecule has 0 spiro atoms. The average Bonchev–Trinajstić information content (AvgIpc) is 2.53. The van der Waals surface area contributed by atoms with Crippen molar-refractivity contribution in [1.29, 1.82) is 0 Å². The van der Waals surface area contributed by atoms with Crippen molar-refractivity contribution in [3.05, 3.63) is 59.2 Å². The highest BCUT2D eigenvalue weighted by atomic mass is 19.4. The number of hydrogen-bond acceptors (Lipinski definition) is 4. The molecule has 0 saturated carbocycles. The molecule has 24 heavy (non-hydrogen) atoms. The number of carbonyl (C=O) groups is 2. The first-order chi connectivity index (χ1) is 11.2. The number of benzene rings is 2. The SMILES string of the molecule is COC(=O)c1ccc(O)cc1NC(=O)c1ccccc1C(F)(F)F. The van der Waals surface area contributed by atoms with Crippen molar-refractivity contribution in [2.75, 3.05) is 12.4 Å². The Labute approximate surface area is 134 Å². The molecule has 1 amide bonds. The standard InChI is InChI=1S/C16H12F3NO4/c1-24-15(23)11-7-6-9(21)8-13(11)20-14(22)10-4-2-3-5-12(10)16(17,18)19/h2-8,21H,1H3,(H,20,22). The van der Waals surface area contributed by atoms with Gasteiger partial charge in [-0.3, -0.25) is 4.79 Å². The molecule has 0 aromatic heterocycles. The molecule has 8 heteroatoms. The first-order valence-corrected chi connectivity index (χ1v) is 6.63. The fourth-order valence-corrected chi connectivity index (χ4v) is 2.04. The highest BCUT2D eigenvalue weighted by Crippen LogP contribution is 2.32. The van der Waals surface area contributed by atoms with Crippen molar-refractivity contribution in [3.8, 4) is 5.75 Å². The molecule has 0 aliphatic rings. The van der Waals surface area contributed by atoms with Crippen LogP contribution in [0.3, 0.4) is 0 Å². The third-order valence-corrected chi connectivity index (χ3v) is 3.13. The van der Waals surface area contributed by atoms with Crippen LogP contribution in [0.4, 0.5) is 18.9 Å². The van der Waals surface area contributed by atoms with Gasteiger partial charge < -0.3 is 15.2 Å². The third-order valence-electron chi connectivity index (χ3n) is 3.13. The number of amides is 1. The number of alkyl halides is 3. The van der Waals surface area contributed by atoms with Gasteiger partial charge in [0, 0.05) is 6.07 Å². The monoisotopic (exact) mass is 339 g/mol. The highest BCUT2D eigenvalue weighted by Gasteiger charge is 2.35. The Kier molecular flexibility index (Phi) is 4.77. The van der Waals surface area contributed by atoms with E-state index in [4.69, 9.17) is 0 Å². The lowest BCUT2D eigenvalue weighted by Crippen LogP contribution is -2.20. The summed E-state index contributed by atoms with van der Waals surface area (Å²) in [4.78, 5) is 23.9. The number of carbonyl (C=O) groups excluding carboxylic acids is 2. The molecule has 0 heterocycles. The van der Waals surface area contributed by atoms with E-state index >= 15 is 0 Å². The number of phenols is 1. The second-order valence-electron chi connectivity index (χ2n) is 4.72. The summed E-state index contributed by atoms with van der Waals surface area (Å²) in [6.07, 6.45) is -4.71. The predicted molar refractivity (Wildman–Crippen MR) is 78.8 cm³/mol. The molecule has 0 bridgehead atoms. The van der Waals surface area contributed by atoms with Crippen LogP contribution in [-0.2, 0) is 10.9 Å². The summed E-state index contributed by atoms with van der Waals surface area (Å²) in [5.41, 5.74) is -1.98. The Morgan fingerprint density at radius 1 is 1.08 bits per heavy atom. The van der Waals surface area contributed by atoms with Crippen LogP contribution in [0.2, 0.25) is 0 Å².